The van der Waals surface area contributed by atoms with E-state index in [0.717, 1.165) is 58.5 Å². The first-order chi connectivity index (χ1) is 26.3. The summed E-state index contributed by atoms with van der Waals surface area (Å²) in [6.45, 7) is 21.1. The zero-order valence-corrected chi connectivity index (χ0v) is 36.8. The molecule has 1 rings (SSSR count). The number of hydrogen-bond acceptors (Lipinski definition) is 11. The molecule has 0 aromatic carbocycles. The lowest BCUT2D eigenvalue weighted by Gasteiger charge is -2.27. The fourth-order valence-corrected chi connectivity index (χ4v) is 6.17. The van der Waals surface area contributed by atoms with Gasteiger partial charge in [-0.1, -0.05) is 41.5 Å². The number of halogens is 1. The maximum Gasteiger partial charge on any atom is 0.328 e. The lowest BCUT2D eigenvalue weighted by Crippen LogP contribution is -2.59. The van der Waals surface area contributed by atoms with Gasteiger partial charge < -0.3 is 47.3 Å². The quantitative estimate of drug-likeness (QED) is 0.0782. The van der Waals surface area contributed by atoms with E-state index in [1.807, 2.05) is 41.5 Å². The Hall–Kier alpha value is -3.54. The summed E-state index contributed by atoms with van der Waals surface area (Å²) >= 11 is 0. The van der Waals surface area contributed by atoms with E-state index in [4.69, 9.17) is 0 Å². The Labute approximate surface area is 346 Å². The zero-order valence-electron chi connectivity index (χ0n) is 36.0. The Morgan fingerprint density at radius 2 is 0.860 bits per heavy atom. The summed E-state index contributed by atoms with van der Waals surface area (Å²) in [6.07, 6.45) is 3.76. The van der Waals surface area contributed by atoms with Gasteiger partial charge in [-0.2, -0.15) is 0 Å². The van der Waals surface area contributed by atoms with Crippen LogP contribution in [-0.2, 0) is 38.3 Å². The molecule has 0 bridgehead atoms. The predicted molar refractivity (Wildman–Crippen MR) is 222 cm³/mol. The number of ether oxygens (including phenoxy) is 1. The molecular formula is C39H74ClN9O8. The van der Waals surface area contributed by atoms with Crippen molar-refractivity contribution in [3.05, 3.63) is 0 Å². The van der Waals surface area contributed by atoms with Crippen LogP contribution in [0.4, 0.5) is 0 Å². The second kappa shape index (κ2) is 28.8. The van der Waals surface area contributed by atoms with Crippen LogP contribution < -0.4 is 42.5 Å². The van der Waals surface area contributed by atoms with E-state index in [1.54, 1.807) is 0 Å². The maximum atomic E-state index is 13.5. The molecule has 1 heterocycles. The Balaban J connectivity index is 0.0000314. The first kappa shape index (κ1) is 53.5. The van der Waals surface area contributed by atoms with Crippen LogP contribution >= 0.6 is 12.4 Å². The number of rotatable bonds is 20. The van der Waals surface area contributed by atoms with Gasteiger partial charge >= 0.3 is 5.97 Å². The first-order valence-corrected chi connectivity index (χ1v) is 20.4. The normalized spacial score (nSPS) is 17.5. The summed E-state index contributed by atoms with van der Waals surface area (Å²) in [6, 6.07) is -5.94. The van der Waals surface area contributed by atoms with Crippen molar-refractivity contribution < 1.29 is 38.3 Å². The van der Waals surface area contributed by atoms with E-state index in [2.05, 4.69) is 52.2 Å². The third-order valence-corrected chi connectivity index (χ3v) is 9.19. The molecular weight excluding hydrogens is 758 g/mol. The Kier molecular flexibility index (Phi) is 27.0. The first-order valence-electron chi connectivity index (χ1n) is 20.4. The fraction of sp³-hybridized carbons (Fsp3) is 0.821. The highest BCUT2D eigenvalue weighted by Gasteiger charge is 2.31. The molecule has 1 aliphatic rings. The molecule has 57 heavy (non-hydrogen) atoms. The molecule has 0 spiro atoms. The average molecular weight is 833 g/mol. The largest absolute Gasteiger partial charge is 0.467 e. The minimum atomic E-state index is -1.08. The van der Waals surface area contributed by atoms with E-state index in [-0.39, 0.29) is 55.5 Å². The lowest BCUT2D eigenvalue weighted by molar-refractivity contribution is -0.145. The molecule has 17 nitrogen and oxygen atoms in total. The van der Waals surface area contributed by atoms with Gasteiger partial charge in [-0.3, -0.25) is 33.7 Å². The van der Waals surface area contributed by atoms with Crippen molar-refractivity contribution in [1.82, 2.24) is 47.4 Å². The van der Waals surface area contributed by atoms with Gasteiger partial charge in [0.15, 0.2) is 0 Å². The number of carbonyl (C=O) groups excluding carboxylic acids is 7. The number of carbonyl (C=O) groups is 7. The molecule has 6 amide bonds. The minimum absolute atomic E-state index is 0. The molecule has 6 atom stereocenters. The topological polar surface area (TPSA) is 228 Å². The van der Waals surface area contributed by atoms with Gasteiger partial charge in [0.05, 0.1) is 13.7 Å². The number of amides is 6. The van der Waals surface area contributed by atoms with Gasteiger partial charge in [-0.25, -0.2) is 4.79 Å². The molecule has 1 aliphatic heterocycles. The van der Waals surface area contributed by atoms with E-state index in [0.29, 0.717) is 6.42 Å². The van der Waals surface area contributed by atoms with Crippen molar-refractivity contribution in [3.8, 4) is 0 Å². The van der Waals surface area contributed by atoms with Crippen molar-refractivity contribution in [2.24, 2.45) is 17.8 Å². The van der Waals surface area contributed by atoms with Crippen molar-refractivity contribution in [1.29, 1.82) is 0 Å². The van der Waals surface area contributed by atoms with Crippen LogP contribution in [-0.4, -0.2) is 135 Å². The van der Waals surface area contributed by atoms with Gasteiger partial charge in [0.25, 0.3) is 0 Å². The van der Waals surface area contributed by atoms with Gasteiger partial charge in [-0.15, -0.1) is 12.4 Å². The van der Waals surface area contributed by atoms with Crippen molar-refractivity contribution >= 4 is 53.8 Å². The molecule has 1 fully saturated rings. The van der Waals surface area contributed by atoms with Crippen molar-refractivity contribution in [2.45, 2.75) is 137 Å². The summed E-state index contributed by atoms with van der Waals surface area (Å²) in [5.41, 5.74) is 0. The Morgan fingerprint density at radius 3 is 1.23 bits per heavy atom. The van der Waals surface area contributed by atoms with Crippen LogP contribution in [0.3, 0.4) is 0 Å². The van der Waals surface area contributed by atoms with Crippen molar-refractivity contribution in [3.63, 3.8) is 0 Å². The van der Waals surface area contributed by atoms with E-state index in [1.165, 1.54) is 27.9 Å². The van der Waals surface area contributed by atoms with Crippen molar-refractivity contribution in [2.75, 3.05) is 52.9 Å². The molecule has 330 valence electrons. The van der Waals surface area contributed by atoms with Gasteiger partial charge in [0, 0.05) is 0 Å². The number of esters is 1. The molecule has 0 aromatic rings. The molecule has 8 N–H and O–H groups in total. The summed E-state index contributed by atoms with van der Waals surface area (Å²) in [7, 11) is 1.21. The number of nitrogens with one attached hydrogen (secondary N) is 8. The van der Waals surface area contributed by atoms with E-state index < -0.39 is 71.8 Å². The smallest absolute Gasteiger partial charge is 0.328 e. The third-order valence-electron chi connectivity index (χ3n) is 9.19. The van der Waals surface area contributed by atoms with Crippen LogP contribution in [0.25, 0.3) is 0 Å². The van der Waals surface area contributed by atoms with Gasteiger partial charge in [0.1, 0.15) is 36.3 Å². The molecule has 0 aliphatic carbocycles. The number of nitrogens with zero attached hydrogens (tertiary/aromatic N) is 1. The Morgan fingerprint density at radius 1 is 0.509 bits per heavy atom. The van der Waals surface area contributed by atoms with Crippen LogP contribution in [0.1, 0.15) is 101 Å². The average Bonchev–Trinajstić information content (AvgIpc) is 3.10. The van der Waals surface area contributed by atoms with E-state index in [9.17, 15) is 33.6 Å². The Bertz CT molecular complexity index is 1260. The fourth-order valence-electron chi connectivity index (χ4n) is 6.17. The second-order valence-electron chi connectivity index (χ2n) is 16.2. The lowest BCUT2D eigenvalue weighted by atomic mass is 10.0. The summed E-state index contributed by atoms with van der Waals surface area (Å²) in [5, 5.41) is 23.0. The highest BCUT2D eigenvalue weighted by atomic mass is 35.5. The standard InChI is InChI=1S/C39H73N9O8.ClH/c1-24(2)20-30(45-33(49)23-48-18-12-16-40-14-11-15-41-17-13-19-48)36(52)42-27(7)34(50)46-31(21-25(3)4)37(53)43-28(8)35(51)47-32(22-26(5)6)38(54)44-29(9)39(55)56-10;/h24-32,40-41H,11-23H2,1-10H3,(H,42,52)(H,43,53)(H,44,54)(H,45,49)(H,46,50)(H,47,51);1H/t27-,28-,29-,30-,31-,32-;/m0./s1. The highest BCUT2D eigenvalue weighted by molar-refractivity contribution is 5.96. The molecule has 18 heteroatoms. The summed E-state index contributed by atoms with van der Waals surface area (Å²) < 4.78 is 4.67. The predicted octanol–water partition coefficient (Wildman–Crippen LogP) is 0.353. The number of hydrogen-bond donors (Lipinski definition) is 8. The molecule has 0 unspecified atom stereocenters. The van der Waals surface area contributed by atoms with Crippen LogP contribution in [0.5, 0.6) is 0 Å². The van der Waals surface area contributed by atoms with Crippen LogP contribution in [0, 0.1) is 17.8 Å². The molecule has 0 saturated carbocycles. The summed E-state index contributed by atoms with van der Waals surface area (Å²) in [4.78, 5) is 93.6. The summed E-state index contributed by atoms with van der Waals surface area (Å²) in [5.74, 6) is -3.77. The molecule has 0 radical (unpaired) electrons. The minimum Gasteiger partial charge on any atom is -0.467 e. The maximum absolute atomic E-state index is 13.5. The molecule has 0 aromatic heterocycles. The highest BCUT2D eigenvalue weighted by Crippen LogP contribution is 2.10. The monoisotopic (exact) mass is 832 g/mol. The van der Waals surface area contributed by atoms with Crippen LogP contribution in [0.2, 0.25) is 0 Å². The molecule has 1 saturated heterocycles. The SMILES string of the molecule is COC(=O)[C@H](C)NC(=O)[C@H](CC(C)C)NC(=O)[C@H](C)NC(=O)[C@H](CC(C)C)NC(=O)[C@H](C)NC(=O)[C@H](CC(C)C)NC(=O)CN1CCCNCCCNCCC1.Cl. The van der Waals surface area contributed by atoms with Gasteiger partial charge in [0.2, 0.25) is 35.4 Å². The third kappa shape index (κ3) is 22.8. The second-order valence-corrected chi connectivity index (χ2v) is 16.2. The number of methoxy groups -OCH3 is 1. The van der Waals surface area contributed by atoms with Crippen LogP contribution in [0.15, 0.2) is 0 Å². The van der Waals surface area contributed by atoms with Gasteiger partial charge in [-0.05, 0) is 116 Å². The van der Waals surface area contributed by atoms with E-state index >= 15 is 0 Å². The zero-order chi connectivity index (χ0) is 42.4.